The first-order valence-electron chi connectivity index (χ1n) is 8.98. The second-order valence-electron chi connectivity index (χ2n) is 6.36. The topological polar surface area (TPSA) is 89.8 Å². The van der Waals surface area contributed by atoms with Crippen molar-refractivity contribution in [3.8, 4) is 26.9 Å². The number of carbonyl (C=O) groups excluding carboxylic acids is 1. The summed E-state index contributed by atoms with van der Waals surface area (Å²) in [5.74, 6) is 0.645. The Balaban J connectivity index is 1.73. The summed E-state index contributed by atoms with van der Waals surface area (Å²) >= 11 is 1.56. The van der Waals surface area contributed by atoms with E-state index in [1.54, 1.807) is 30.8 Å². The van der Waals surface area contributed by atoms with Crippen LogP contribution in [0.3, 0.4) is 0 Å². The van der Waals surface area contributed by atoms with Crippen LogP contribution in [0.4, 0.5) is 4.79 Å². The van der Waals surface area contributed by atoms with Crippen molar-refractivity contribution in [1.29, 1.82) is 0 Å². The minimum Gasteiger partial charge on any atom is -0.491 e. The fourth-order valence-corrected chi connectivity index (χ4v) is 4.00. The number of amides is 1. The van der Waals surface area contributed by atoms with Gasteiger partial charge >= 0.3 is 6.09 Å². The fourth-order valence-electron chi connectivity index (χ4n) is 2.97. The third-order valence-electron chi connectivity index (χ3n) is 4.38. The van der Waals surface area contributed by atoms with Gasteiger partial charge in [-0.25, -0.2) is 19.8 Å². The number of hydrogen-bond donors (Lipinski definition) is 0. The molecule has 1 aliphatic heterocycles. The van der Waals surface area contributed by atoms with Gasteiger partial charge in [-0.05, 0) is 31.2 Å². The van der Waals surface area contributed by atoms with E-state index in [1.165, 1.54) is 7.11 Å². The van der Waals surface area contributed by atoms with Crippen LogP contribution >= 0.6 is 11.3 Å². The fraction of sp³-hybridized carbons (Fsp3) is 0.250. The molecule has 0 aromatic carbocycles. The maximum atomic E-state index is 11.7. The van der Waals surface area contributed by atoms with Gasteiger partial charge in [0, 0.05) is 31.4 Å². The average molecular weight is 409 g/mol. The average Bonchev–Trinajstić information content (AvgIpc) is 3.15. The molecular weight excluding hydrogens is 390 g/mol. The Kier molecular flexibility index (Phi) is 5.22. The zero-order valence-electron chi connectivity index (χ0n) is 16.2. The van der Waals surface area contributed by atoms with E-state index in [-0.39, 0.29) is 0 Å². The number of hydrazone groups is 1. The molecule has 0 radical (unpaired) electrons. The molecule has 1 amide bonds. The van der Waals surface area contributed by atoms with Crippen LogP contribution in [-0.4, -0.2) is 52.5 Å². The summed E-state index contributed by atoms with van der Waals surface area (Å²) in [5.41, 5.74) is 3.95. The molecule has 4 rings (SSSR count). The Hall–Kier alpha value is -3.33. The van der Waals surface area contributed by atoms with Crippen LogP contribution in [0.25, 0.3) is 21.1 Å². The molecule has 0 spiro atoms. The number of methoxy groups -OCH3 is 1. The first-order chi connectivity index (χ1) is 14.1. The molecule has 0 N–H and O–H groups in total. The minimum atomic E-state index is -0.541. The predicted molar refractivity (Wildman–Crippen MR) is 110 cm³/mol. The number of ether oxygens (including phenoxy) is 2. The molecule has 0 bridgehead atoms. The summed E-state index contributed by atoms with van der Waals surface area (Å²) in [7, 11) is 2.87. The number of hydrogen-bond acceptors (Lipinski definition) is 8. The van der Waals surface area contributed by atoms with Gasteiger partial charge < -0.3 is 9.47 Å². The summed E-state index contributed by atoms with van der Waals surface area (Å²) in [6.45, 7) is 2.44. The Bertz CT molecular complexity index is 1080. The van der Waals surface area contributed by atoms with E-state index in [0.29, 0.717) is 30.2 Å². The summed E-state index contributed by atoms with van der Waals surface area (Å²) in [6, 6.07) is 7.67. The lowest BCUT2D eigenvalue weighted by atomic mass is 10.1. The van der Waals surface area contributed by atoms with Crippen molar-refractivity contribution in [2.45, 2.75) is 13.3 Å². The Morgan fingerprint density at radius 2 is 2.17 bits per heavy atom. The molecule has 3 aromatic rings. The molecule has 0 fully saturated rings. The number of nitrogens with zero attached hydrogens (tertiary/aromatic N) is 5. The number of fused-ring (bicyclic) bond motifs is 1. The summed E-state index contributed by atoms with van der Waals surface area (Å²) in [4.78, 5) is 26.3. The maximum absolute atomic E-state index is 11.7. The second kappa shape index (κ2) is 7.96. The third kappa shape index (κ3) is 3.81. The van der Waals surface area contributed by atoms with E-state index in [4.69, 9.17) is 14.5 Å². The Morgan fingerprint density at radius 1 is 1.31 bits per heavy atom. The van der Waals surface area contributed by atoms with E-state index in [2.05, 4.69) is 15.1 Å². The van der Waals surface area contributed by atoms with Gasteiger partial charge in [0.05, 0.1) is 35.7 Å². The number of thiazole rings is 1. The summed E-state index contributed by atoms with van der Waals surface area (Å²) < 4.78 is 10.4. The zero-order chi connectivity index (χ0) is 20.4. The molecule has 8 nitrogen and oxygen atoms in total. The van der Waals surface area contributed by atoms with Gasteiger partial charge in [-0.3, -0.25) is 4.98 Å². The van der Waals surface area contributed by atoms with Crippen molar-refractivity contribution in [2.24, 2.45) is 5.10 Å². The Morgan fingerprint density at radius 3 is 2.93 bits per heavy atom. The van der Waals surface area contributed by atoms with Crippen molar-refractivity contribution in [3.63, 3.8) is 0 Å². The molecule has 148 valence electrons. The highest BCUT2D eigenvalue weighted by molar-refractivity contribution is 7.18. The summed E-state index contributed by atoms with van der Waals surface area (Å²) in [5, 5.41) is 6.42. The van der Waals surface area contributed by atoms with Crippen molar-refractivity contribution in [1.82, 2.24) is 20.0 Å². The van der Waals surface area contributed by atoms with Crippen LogP contribution in [0.5, 0.6) is 5.75 Å². The van der Waals surface area contributed by atoms with Crippen LogP contribution in [0.15, 0.2) is 41.8 Å². The molecule has 3 aromatic heterocycles. The Labute approximate surface area is 171 Å². The first-order valence-corrected chi connectivity index (χ1v) is 9.80. The van der Waals surface area contributed by atoms with E-state index in [1.807, 2.05) is 31.2 Å². The highest BCUT2D eigenvalue weighted by Gasteiger charge is 2.22. The highest BCUT2D eigenvalue weighted by atomic mass is 32.1. The van der Waals surface area contributed by atoms with Crippen molar-refractivity contribution < 1.29 is 14.3 Å². The highest BCUT2D eigenvalue weighted by Crippen LogP contribution is 2.36. The lowest BCUT2D eigenvalue weighted by Gasteiger charge is -2.20. The molecule has 1 aliphatic rings. The van der Waals surface area contributed by atoms with E-state index in [0.717, 1.165) is 31.8 Å². The zero-order valence-corrected chi connectivity index (χ0v) is 17.1. The third-order valence-corrected chi connectivity index (χ3v) is 5.60. The number of aromatic nitrogens is 3. The lowest BCUT2D eigenvalue weighted by Crippen LogP contribution is -2.26. The van der Waals surface area contributed by atoms with Crippen molar-refractivity contribution in [3.05, 3.63) is 48.0 Å². The molecule has 0 saturated heterocycles. The number of rotatable bonds is 3. The maximum Gasteiger partial charge on any atom is 0.429 e. The normalized spacial score (nSPS) is 14.2. The largest absolute Gasteiger partial charge is 0.491 e. The van der Waals surface area contributed by atoms with E-state index >= 15 is 0 Å². The molecule has 9 heteroatoms. The van der Waals surface area contributed by atoms with Gasteiger partial charge in [0.1, 0.15) is 16.5 Å². The number of aryl methyl sites for hydroxylation is 1. The molecule has 0 saturated carbocycles. The summed E-state index contributed by atoms with van der Waals surface area (Å²) in [6.07, 6.45) is 3.54. The van der Waals surface area contributed by atoms with Gasteiger partial charge in [-0.15, -0.1) is 11.3 Å². The van der Waals surface area contributed by atoms with Gasteiger partial charge in [-0.2, -0.15) is 5.10 Å². The SMILES string of the molecule is COC(=O)N(C)N=C1CCOc2ccc(-c3sc(-c4cccnc4)nc3C)nc21. The van der Waals surface area contributed by atoms with Crippen molar-refractivity contribution in [2.75, 3.05) is 20.8 Å². The smallest absolute Gasteiger partial charge is 0.429 e. The van der Waals surface area contributed by atoms with Crippen LogP contribution in [0, 0.1) is 6.92 Å². The van der Waals surface area contributed by atoms with Crippen LogP contribution in [0.1, 0.15) is 17.8 Å². The molecule has 0 atom stereocenters. The van der Waals surface area contributed by atoms with Crippen LogP contribution < -0.4 is 4.74 Å². The number of pyridine rings is 2. The second-order valence-corrected chi connectivity index (χ2v) is 7.36. The first kappa shape index (κ1) is 19.0. The van der Waals surface area contributed by atoms with Gasteiger partial charge in [-0.1, -0.05) is 0 Å². The quantitative estimate of drug-likeness (QED) is 0.612. The lowest BCUT2D eigenvalue weighted by molar-refractivity contribution is 0.134. The van der Waals surface area contributed by atoms with Crippen LogP contribution in [-0.2, 0) is 4.74 Å². The monoisotopic (exact) mass is 409 g/mol. The van der Waals surface area contributed by atoms with Crippen molar-refractivity contribution >= 4 is 23.1 Å². The van der Waals surface area contributed by atoms with Gasteiger partial charge in [0.2, 0.25) is 0 Å². The standard InChI is InChI=1S/C20H19N5O3S/c1-12-18(29-19(22-12)13-5-4-9-21-11-13)15-6-7-16-17(23-15)14(8-10-28-16)24-25(2)20(26)27-3/h4-7,9,11H,8,10H2,1-3H3. The molecule has 29 heavy (non-hydrogen) atoms. The van der Waals surface area contributed by atoms with Gasteiger partial charge in [0.15, 0.2) is 0 Å². The van der Waals surface area contributed by atoms with Crippen LogP contribution in [0.2, 0.25) is 0 Å². The molecule has 0 unspecified atom stereocenters. The minimum absolute atomic E-state index is 0.479. The molecular formula is C20H19N5O3S. The molecule has 4 heterocycles. The predicted octanol–water partition coefficient (Wildman–Crippen LogP) is 3.76. The van der Waals surface area contributed by atoms with Gasteiger partial charge in [0.25, 0.3) is 0 Å². The van der Waals surface area contributed by atoms with E-state index in [9.17, 15) is 4.79 Å². The molecule has 0 aliphatic carbocycles. The van der Waals surface area contributed by atoms with E-state index < -0.39 is 6.09 Å². The number of carbonyl (C=O) groups is 1.